The number of rotatable bonds is 4. The first-order valence-electron chi connectivity index (χ1n) is 6.32. The Bertz CT molecular complexity index is 426. The van der Waals surface area contributed by atoms with Crippen molar-refractivity contribution in [2.45, 2.75) is 44.2 Å². The molecular weight excluding hydrogens is 231 g/mol. The maximum absolute atomic E-state index is 12.8. The van der Waals surface area contributed by atoms with E-state index in [2.05, 4.69) is 5.32 Å². The number of nitrogens with one attached hydrogen (secondary N) is 1. The zero-order valence-corrected chi connectivity index (χ0v) is 10.6. The average Bonchev–Trinajstić information content (AvgIpc) is 2.27. The number of amides is 1. The van der Waals surface area contributed by atoms with Gasteiger partial charge < -0.3 is 11.1 Å². The fourth-order valence-corrected chi connectivity index (χ4v) is 2.25. The maximum Gasteiger partial charge on any atom is 0.222 e. The molecule has 1 saturated carbocycles. The first kappa shape index (κ1) is 13.0. The normalized spacial score (nSPS) is 18.8. The Morgan fingerprint density at radius 3 is 2.56 bits per heavy atom. The molecule has 0 aromatic heterocycles. The van der Waals surface area contributed by atoms with Crippen molar-refractivity contribution in [2.24, 2.45) is 5.73 Å². The molecule has 3 N–H and O–H groups in total. The summed E-state index contributed by atoms with van der Waals surface area (Å²) in [6.45, 7) is 1.88. The fourth-order valence-electron chi connectivity index (χ4n) is 2.25. The molecule has 98 valence electrons. The van der Waals surface area contributed by atoms with E-state index in [0.717, 1.165) is 24.8 Å². The molecule has 1 aromatic carbocycles. The van der Waals surface area contributed by atoms with E-state index in [0.29, 0.717) is 6.42 Å². The van der Waals surface area contributed by atoms with Crippen molar-refractivity contribution in [3.8, 4) is 0 Å². The van der Waals surface area contributed by atoms with Crippen molar-refractivity contribution < 1.29 is 9.18 Å². The highest BCUT2D eigenvalue weighted by Crippen LogP contribution is 2.32. The minimum absolute atomic E-state index is 0.0333. The molecule has 1 amide bonds. The van der Waals surface area contributed by atoms with E-state index < -0.39 is 0 Å². The van der Waals surface area contributed by atoms with Gasteiger partial charge in [0.15, 0.2) is 0 Å². The molecule has 0 radical (unpaired) electrons. The second-order valence-electron chi connectivity index (χ2n) is 5.23. The van der Waals surface area contributed by atoms with Gasteiger partial charge in [-0.05, 0) is 43.9 Å². The van der Waals surface area contributed by atoms with Crippen LogP contribution >= 0.6 is 0 Å². The highest BCUT2D eigenvalue weighted by Gasteiger charge is 2.34. The van der Waals surface area contributed by atoms with Crippen LogP contribution in [0.2, 0.25) is 0 Å². The molecule has 18 heavy (non-hydrogen) atoms. The van der Waals surface area contributed by atoms with E-state index in [4.69, 9.17) is 5.73 Å². The van der Waals surface area contributed by atoms with Crippen LogP contribution in [0.1, 0.15) is 44.2 Å². The molecule has 1 atom stereocenters. The average molecular weight is 250 g/mol. The summed E-state index contributed by atoms with van der Waals surface area (Å²) in [4.78, 5) is 11.8. The predicted octanol–water partition coefficient (Wildman–Crippen LogP) is 2.27. The van der Waals surface area contributed by atoms with Crippen LogP contribution in [0.5, 0.6) is 0 Å². The summed E-state index contributed by atoms with van der Waals surface area (Å²) < 4.78 is 12.8. The molecule has 1 unspecified atom stereocenters. The summed E-state index contributed by atoms with van der Waals surface area (Å²) in [7, 11) is 0. The highest BCUT2D eigenvalue weighted by atomic mass is 19.1. The quantitative estimate of drug-likeness (QED) is 0.861. The summed E-state index contributed by atoms with van der Waals surface area (Å²) in [5.74, 6) is -0.304. The molecule has 0 spiro atoms. The Hall–Kier alpha value is -1.42. The first-order chi connectivity index (χ1) is 8.48. The highest BCUT2D eigenvalue weighted by molar-refractivity contribution is 5.77. The molecule has 0 heterocycles. The van der Waals surface area contributed by atoms with Gasteiger partial charge in [-0.25, -0.2) is 4.39 Å². The molecular formula is C14H19FN2O. The lowest BCUT2D eigenvalue weighted by Crippen LogP contribution is -2.50. The number of carbonyl (C=O) groups is 1. The second kappa shape index (κ2) is 5.06. The number of hydrogen-bond donors (Lipinski definition) is 2. The van der Waals surface area contributed by atoms with Gasteiger partial charge in [0, 0.05) is 12.0 Å². The molecule has 2 rings (SSSR count). The van der Waals surface area contributed by atoms with Crippen LogP contribution in [-0.4, -0.2) is 11.4 Å². The van der Waals surface area contributed by atoms with Crippen LogP contribution in [0, 0.1) is 5.82 Å². The van der Waals surface area contributed by atoms with Crippen LogP contribution in [0.4, 0.5) is 4.39 Å². The lowest BCUT2D eigenvalue weighted by atomic mass is 9.75. The molecule has 1 fully saturated rings. The van der Waals surface area contributed by atoms with Crippen molar-refractivity contribution in [3.63, 3.8) is 0 Å². The smallest absolute Gasteiger partial charge is 0.222 e. The Balaban J connectivity index is 1.88. The van der Waals surface area contributed by atoms with Crippen LogP contribution in [-0.2, 0) is 4.79 Å². The summed E-state index contributed by atoms with van der Waals surface area (Å²) in [5, 5.41) is 2.90. The van der Waals surface area contributed by atoms with Crippen LogP contribution in [0.3, 0.4) is 0 Å². The van der Waals surface area contributed by atoms with Crippen molar-refractivity contribution in [1.29, 1.82) is 0 Å². The third-order valence-electron chi connectivity index (χ3n) is 3.61. The van der Waals surface area contributed by atoms with E-state index in [9.17, 15) is 9.18 Å². The molecule has 1 aromatic rings. The Morgan fingerprint density at radius 1 is 1.44 bits per heavy atom. The Kier molecular flexibility index (Phi) is 3.66. The van der Waals surface area contributed by atoms with Gasteiger partial charge in [-0.15, -0.1) is 0 Å². The number of benzene rings is 1. The van der Waals surface area contributed by atoms with E-state index in [1.807, 2.05) is 6.92 Å². The number of carbonyl (C=O) groups excluding carboxylic acids is 1. The van der Waals surface area contributed by atoms with Gasteiger partial charge in [0.05, 0.1) is 6.04 Å². The lowest BCUT2D eigenvalue weighted by molar-refractivity contribution is -0.123. The molecule has 0 bridgehead atoms. The summed E-state index contributed by atoms with van der Waals surface area (Å²) >= 11 is 0. The zero-order chi connectivity index (χ0) is 13.2. The summed E-state index contributed by atoms with van der Waals surface area (Å²) in [6, 6.07) is 6.04. The molecule has 0 saturated heterocycles. The second-order valence-corrected chi connectivity index (χ2v) is 5.23. The summed E-state index contributed by atoms with van der Waals surface area (Å²) in [5.41, 5.74) is 6.62. The van der Waals surface area contributed by atoms with E-state index in [-0.39, 0.29) is 23.3 Å². The molecule has 1 aliphatic carbocycles. The molecule has 4 heteroatoms. The van der Waals surface area contributed by atoms with Gasteiger partial charge in [-0.1, -0.05) is 12.1 Å². The Morgan fingerprint density at radius 2 is 2.06 bits per heavy atom. The van der Waals surface area contributed by atoms with Crippen LogP contribution in [0.15, 0.2) is 24.3 Å². The minimum Gasteiger partial charge on any atom is -0.350 e. The van der Waals surface area contributed by atoms with Gasteiger partial charge in [-0.2, -0.15) is 0 Å². The van der Waals surface area contributed by atoms with Crippen LogP contribution < -0.4 is 11.1 Å². The van der Waals surface area contributed by atoms with Gasteiger partial charge in [-0.3, -0.25) is 4.79 Å². The van der Waals surface area contributed by atoms with Crippen LogP contribution in [0.25, 0.3) is 0 Å². The molecule has 0 aliphatic heterocycles. The Labute approximate surface area is 107 Å². The zero-order valence-electron chi connectivity index (χ0n) is 10.6. The van der Waals surface area contributed by atoms with Crippen molar-refractivity contribution in [1.82, 2.24) is 5.32 Å². The summed E-state index contributed by atoms with van der Waals surface area (Å²) in [6.07, 6.45) is 3.33. The third-order valence-corrected chi connectivity index (χ3v) is 3.61. The van der Waals surface area contributed by atoms with E-state index in [1.54, 1.807) is 12.1 Å². The van der Waals surface area contributed by atoms with Gasteiger partial charge in [0.2, 0.25) is 5.91 Å². The largest absolute Gasteiger partial charge is 0.350 e. The van der Waals surface area contributed by atoms with E-state index in [1.165, 1.54) is 12.1 Å². The fraction of sp³-hybridized carbons (Fsp3) is 0.500. The standard InChI is InChI=1S/C14H19FN2O/c1-10(11-3-5-12(15)6-4-11)17-13(18)9-14(16)7-2-8-14/h3-6,10H,2,7-9,16H2,1H3,(H,17,18). The molecule has 1 aliphatic rings. The van der Waals surface area contributed by atoms with Crippen molar-refractivity contribution >= 4 is 5.91 Å². The maximum atomic E-state index is 12.8. The number of halogens is 1. The third kappa shape index (κ3) is 3.07. The SMILES string of the molecule is CC(NC(=O)CC1(N)CCC1)c1ccc(F)cc1. The predicted molar refractivity (Wildman–Crippen MR) is 68.3 cm³/mol. The van der Waals surface area contributed by atoms with Crippen molar-refractivity contribution in [3.05, 3.63) is 35.6 Å². The van der Waals surface area contributed by atoms with E-state index >= 15 is 0 Å². The van der Waals surface area contributed by atoms with Gasteiger partial charge >= 0.3 is 0 Å². The number of hydrogen-bond acceptors (Lipinski definition) is 2. The minimum atomic E-state index is -0.299. The topological polar surface area (TPSA) is 55.1 Å². The number of nitrogens with two attached hydrogens (primary N) is 1. The lowest BCUT2D eigenvalue weighted by Gasteiger charge is -2.37. The molecule has 3 nitrogen and oxygen atoms in total. The van der Waals surface area contributed by atoms with Gasteiger partial charge in [0.1, 0.15) is 5.82 Å². The van der Waals surface area contributed by atoms with Crippen molar-refractivity contribution in [2.75, 3.05) is 0 Å². The monoisotopic (exact) mass is 250 g/mol. The first-order valence-corrected chi connectivity index (χ1v) is 6.32. The van der Waals surface area contributed by atoms with Gasteiger partial charge in [0.25, 0.3) is 0 Å².